The lowest BCUT2D eigenvalue weighted by Gasteiger charge is -2.06. The van der Waals surface area contributed by atoms with Crippen LogP contribution in [0.3, 0.4) is 0 Å². The van der Waals surface area contributed by atoms with Crippen LogP contribution >= 0.6 is 11.3 Å². The Bertz CT molecular complexity index is 375. The summed E-state index contributed by atoms with van der Waals surface area (Å²) in [5, 5.41) is 11.9. The Morgan fingerprint density at radius 1 is 1.46 bits per heavy atom. The van der Waals surface area contributed by atoms with Crippen LogP contribution in [0, 0.1) is 6.92 Å². The van der Waals surface area contributed by atoms with E-state index in [1.54, 1.807) is 29.9 Å². The Hall–Kier alpha value is -1.06. The molecule has 0 spiro atoms. The minimum absolute atomic E-state index is 0.543. The molecule has 0 aliphatic carbocycles. The first kappa shape index (κ1) is 8.53. The van der Waals surface area contributed by atoms with E-state index in [4.69, 9.17) is 4.42 Å². The molecular formula is C10H10O2S. The van der Waals surface area contributed by atoms with Gasteiger partial charge in [-0.1, -0.05) is 0 Å². The molecule has 0 aliphatic heterocycles. The van der Waals surface area contributed by atoms with Crippen LogP contribution in [0.5, 0.6) is 0 Å². The van der Waals surface area contributed by atoms with Crippen molar-refractivity contribution in [1.29, 1.82) is 0 Å². The first-order chi connectivity index (χ1) is 6.29. The molecule has 2 heterocycles. The molecule has 0 saturated carbocycles. The monoisotopic (exact) mass is 194 g/mol. The molecule has 1 atom stereocenters. The van der Waals surface area contributed by atoms with Crippen LogP contribution in [-0.4, -0.2) is 5.11 Å². The van der Waals surface area contributed by atoms with E-state index in [0.29, 0.717) is 0 Å². The van der Waals surface area contributed by atoms with E-state index in [1.807, 2.05) is 18.4 Å². The third-order valence-corrected chi connectivity index (χ3v) is 3.08. The number of hydrogen-bond donors (Lipinski definition) is 1. The summed E-state index contributed by atoms with van der Waals surface area (Å²) in [6, 6.07) is 3.78. The fourth-order valence-electron chi connectivity index (χ4n) is 1.25. The minimum Gasteiger partial charge on any atom is -0.472 e. The van der Waals surface area contributed by atoms with E-state index in [-0.39, 0.29) is 0 Å². The Morgan fingerprint density at radius 3 is 2.85 bits per heavy atom. The zero-order valence-electron chi connectivity index (χ0n) is 7.23. The van der Waals surface area contributed by atoms with Gasteiger partial charge in [-0.25, -0.2) is 0 Å². The number of rotatable bonds is 2. The van der Waals surface area contributed by atoms with E-state index in [9.17, 15) is 5.11 Å². The van der Waals surface area contributed by atoms with Crippen LogP contribution in [-0.2, 0) is 0 Å². The summed E-state index contributed by atoms with van der Waals surface area (Å²) in [6.45, 7) is 2.00. The van der Waals surface area contributed by atoms with Crippen molar-refractivity contribution in [2.45, 2.75) is 13.0 Å². The second kappa shape index (κ2) is 3.36. The normalized spacial score (nSPS) is 13.1. The van der Waals surface area contributed by atoms with Gasteiger partial charge in [-0.15, -0.1) is 11.3 Å². The van der Waals surface area contributed by atoms with Gasteiger partial charge in [-0.2, -0.15) is 0 Å². The number of aliphatic hydroxyl groups is 1. The van der Waals surface area contributed by atoms with Crippen LogP contribution in [0.15, 0.2) is 34.5 Å². The maximum atomic E-state index is 9.90. The highest BCUT2D eigenvalue weighted by Gasteiger charge is 2.14. The van der Waals surface area contributed by atoms with Crippen molar-refractivity contribution in [2.24, 2.45) is 0 Å². The van der Waals surface area contributed by atoms with Crippen LogP contribution in [0.4, 0.5) is 0 Å². The summed E-state index contributed by atoms with van der Waals surface area (Å²) in [5.41, 5.74) is 1.93. The summed E-state index contributed by atoms with van der Waals surface area (Å²) in [7, 11) is 0. The highest BCUT2D eigenvalue weighted by molar-refractivity contribution is 7.10. The Labute approximate surface area is 80.4 Å². The summed E-state index contributed by atoms with van der Waals surface area (Å²) < 4.78 is 4.92. The van der Waals surface area contributed by atoms with Crippen molar-refractivity contribution in [3.05, 3.63) is 46.0 Å². The van der Waals surface area contributed by atoms with E-state index in [2.05, 4.69) is 0 Å². The average molecular weight is 194 g/mol. The van der Waals surface area contributed by atoms with E-state index < -0.39 is 6.10 Å². The number of furan rings is 1. The molecule has 13 heavy (non-hydrogen) atoms. The maximum absolute atomic E-state index is 9.90. The lowest BCUT2D eigenvalue weighted by molar-refractivity contribution is 0.222. The molecule has 1 unspecified atom stereocenters. The number of aliphatic hydroxyl groups excluding tert-OH is 1. The molecule has 0 saturated heterocycles. The van der Waals surface area contributed by atoms with Crippen molar-refractivity contribution in [3.8, 4) is 0 Å². The van der Waals surface area contributed by atoms with Gasteiger partial charge in [-0.3, -0.25) is 0 Å². The fourth-order valence-corrected chi connectivity index (χ4v) is 2.18. The standard InChI is InChI=1S/C10H10O2S/c1-7-3-5-13-10(7)9(11)8-2-4-12-6-8/h2-6,9,11H,1H3. The Balaban J connectivity index is 2.33. The smallest absolute Gasteiger partial charge is 0.117 e. The van der Waals surface area contributed by atoms with Crippen molar-refractivity contribution in [2.75, 3.05) is 0 Å². The lowest BCUT2D eigenvalue weighted by Crippen LogP contribution is -1.96. The molecule has 0 fully saturated rings. The van der Waals surface area contributed by atoms with Crippen molar-refractivity contribution < 1.29 is 9.52 Å². The quantitative estimate of drug-likeness (QED) is 0.797. The molecule has 1 N–H and O–H groups in total. The predicted octanol–water partition coefficient (Wildman–Crippen LogP) is 2.73. The SMILES string of the molecule is Cc1ccsc1C(O)c1ccoc1. The van der Waals surface area contributed by atoms with Crippen LogP contribution in [0.1, 0.15) is 22.1 Å². The maximum Gasteiger partial charge on any atom is 0.117 e. The van der Waals surface area contributed by atoms with E-state index in [1.165, 1.54) is 0 Å². The van der Waals surface area contributed by atoms with Gasteiger partial charge in [0.1, 0.15) is 6.10 Å². The molecule has 2 rings (SSSR count). The van der Waals surface area contributed by atoms with E-state index in [0.717, 1.165) is 16.0 Å². The van der Waals surface area contributed by atoms with Gasteiger partial charge >= 0.3 is 0 Å². The molecular weight excluding hydrogens is 184 g/mol. The third kappa shape index (κ3) is 1.53. The predicted molar refractivity (Wildman–Crippen MR) is 51.8 cm³/mol. The summed E-state index contributed by atoms with van der Waals surface area (Å²) in [4.78, 5) is 0.987. The highest BCUT2D eigenvalue weighted by atomic mass is 32.1. The molecule has 2 aromatic heterocycles. The number of thiophene rings is 1. The van der Waals surface area contributed by atoms with Crippen molar-refractivity contribution in [3.63, 3.8) is 0 Å². The van der Waals surface area contributed by atoms with Crippen LogP contribution in [0.2, 0.25) is 0 Å². The Morgan fingerprint density at radius 2 is 2.31 bits per heavy atom. The van der Waals surface area contributed by atoms with E-state index >= 15 is 0 Å². The lowest BCUT2D eigenvalue weighted by atomic mass is 10.1. The minimum atomic E-state index is -0.543. The van der Waals surface area contributed by atoms with Gasteiger partial charge < -0.3 is 9.52 Å². The number of hydrogen-bond acceptors (Lipinski definition) is 3. The summed E-state index contributed by atoms with van der Waals surface area (Å²) in [5.74, 6) is 0. The second-order valence-electron chi connectivity index (χ2n) is 2.93. The average Bonchev–Trinajstić information content (AvgIpc) is 2.72. The first-order valence-corrected chi connectivity index (χ1v) is 4.91. The summed E-state index contributed by atoms with van der Waals surface area (Å²) in [6.07, 6.45) is 2.60. The Kier molecular flexibility index (Phi) is 2.20. The molecule has 68 valence electrons. The van der Waals surface area contributed by atoms with Crippen molar-refractivity contribution >= 4 is 11.3 Å². The van der Waals surface area contributed by atoms with Gasteiger partial charge in [0.15, 0.2) is 0 Å². The molecule has 0 bridgehead atoms. The highest BCUT2D eigenvalue weighted by Crippen LogP contribution is 2.29. The summed E-state index contributed by atoms with van der Waals surface area (Å²) >= 11 is 1.56. The topological polar surface area (TPSA) is 33.4 Å². The van der Waals surface area contributed by atoms with Gasteiger partial charge in [0.05, 0.1) is 12.5 Å². The molecule has 3 heteroatoms. The second-order valence-corrected chi connectivity index (χ2v) is 3.87. The molecule has 0 aromatic carbocycles. The fraction of sp³-hybridized carbons (Fsp3) is 0.200. The van der Waals surface area contributed by atoms with Gasteiger partial charge in [0.25, 0.3) is 0 Å². The number of aryl methyl sites for hydroxylation is 1. The van der Waals surface area contributed by atoms with Gasteiger partial charge in [0, 0.05) is 10.4 Å². The molecule has 2 nitrogen and oxygen atoms in total. The zero-order chi connectivity index (χ0) is 9.26. The first-order valence-electron chi connectivity index (χ1n) is 4.03. The molecule has 2 aromatic rings. The van der Waals surface area contributed by atoms with Crippen LogP contribution < -0.4 is 0 Å². The zero-order valence-corrected chi connectivity index (χ0v) is 8.04. The van der Waals surface area contributed by atoms with Gasteiger partial charge in [0.2, 0.25) is 0 Å². The third-order valence-electron chi connectivity index (χ3n) is 2.01. The van der Waals surface area contributed by atoms with Crippen molar-refractivity contribution in [1.82, 2.24) is 0 Å². The molecule has 0 aliphatic rings. The molecule has 0 radical (unpaired) electrons. The van der Waals surface area contributed by atoms with Gasteiger partial charge in [-0.05, 0) is 30.0 Å². The largest absolute Gasteiger partial charge is 0.472 e. The van der Waals surface area contributed by atoms with Crippen LogP contribution in [0.25, 0.3) is 0 Å². The molecule has 0 amide bonds.